The molecule has 126 valence electrons. The Kier molecular flexibility index (Phi) is 4.10. The summed E-state index contributed by atoms with van der Waals surface area (Å²) >= 11 is 2.96. The monoisotopic (exact) mass is 370 g/mol. The Hall–Kier alpha value is -2.52. The number of thioether (sulfide) groups is 1. The lowest BCUT2D eigenvalue weighted by atomic mass is 10.2. The molecular formula is C16H14N6OS2. The van der Waals surface area contributed by atoms with Gasteiger partial charge in [-0.25, -0.2) is 9.97 Å². The van der Waals surface area contributed by atoms with E-state index in [0.29, 0.717) is 27.9 Å². The van der Waals surface area contributed by atoms with E-state index in [2.05, 4.69) is 30.1 Å². The van der Waals surface area contributed by atoms with E-state index in [4.69, 9.17) is 0 Å². The Morgan fingerprint density at radius 3 is 2.96 bits per heavy atom. The molecule has 2 N–H and O–H groups in total. The van der Waals surface area contributed by atoms with Crippen molar-refractivity contribution in [3.8, 4) is 11.4 Å². The van der Waals surface area contributed by atoms with Crippen LogP contribution in [0.1, 0.15) is 16.3 Å². The van der Waals surface area contributed by atoms with E-state index in [0.717, 1.165) is 20.8 Å². The van der Waals surface area contributed by atoms with Gasteiger partial charge in [-0.05, 0) is 31.5 Å². The number of nitrogens with one attached hydrogen (secondary N) is 2. The van der Waals surface area contributed by atoms with Crippen molar-refractivity contribution in [1.82, 2.24) is 30.1 Å². The topological polar surface area (TPSA) is 100 Å². The summed E-state index contributed by atoms with van der Waals surface area (Å²) in [4.78, 5) is 30.1. The van der Waals surface area contributed by atoms with Gasteiger partial charge in [0.15, 0.2) is 5.82 Å². The van der Waals surface area contributed by atoms with E-state index in [1.165, 1.54) is 11.8 Å². The van der Waals surface area contributed by atoms with Crippen LogP contribution in [0.5, 0.6) is 0 Å². The predicted octanol–water partition coefficient (Wildman–Crippen LogP) is 3.07. The van der Waals surface area contributed by atoms with Crippen LogP contribution >= 0.6 is 23.1 Å². The maximum atomic E-state index is 12.3. The molecule has 0 amide bonds. The SMILES string of the molecule is Cc1sc2nc(CSc3n[nH]c(-c4cccnc4)n3)[nH]c(=O)c2c1C. The summed E-state index contributed by atoms with van der Waals surface area (Å²) in [6.07, 6.45) is 3.44. The highest BCUT2D eigenvalue weighted by Gasteiger charge is 2.13. The van der Waals surface area contributed by atoms with Crippen LogP contribution in [0.2, 0.25) is 0 Å². The van der Waals surface area contributed by atoms with Crippen molar-refractivity contribution in [2.75, 3.05) is 0 Å². The van der Waals surface area contributed by atoms with E-state index in [1.807, 2.05) is 26.0 Å². The number of aromatic nitrogens is 6. The Balaban J connectivity index is 1.55. The van der Waals surface area contributed by atoms with E-state index in [-0.39, 0.29) is 5.56 Å². The molecule has 0 fully saturated rings. The minimum absolute atomic E-state index is 0.0894. The third-order valence-corrected chi connectivity index (χ3v) is 5.79. The molecule has 7 nitrogen and oxygen atoms in total. The van der Waals surface area contributed by atoms with Crippen LogP contribution in [0.4, 0.5) is 0 Å². The first kappa shape index (κ1) is 16.0. The Morgan fingerprint density at radius 1 is 1.28 bits per heavy atom. The van der Waals surface area contributed by atoms with Gasteiger partial charge in [-0.3, -0.25) is 14.9 Å². The molecular weight excluding hydrogens is 356 g/mol. The number of aryl methyl sites for hydroxylation is 2. The van der Waals surface area contributed by atoms with Gasteiger partial charge >= 0.3 is 0 Å². The number of rotatable bonds is 4. The molecule has 0 atom stereocenters. The number of hydrogen-bond donors (Lipinski definition) is 2. The molecule has 25 heavy (non-hydrogen) atoms. The second-order valence-electron chi connectivity index (χ2n) is 5.47. The average Bonchev–Trinajstić information content (AvgIpc) is 3.19. The first-order chi connectivity index (χ1) is 12.1. The molecule has 0 aliphatic heterocycles. The second-order valence-corrected chi connectivity index (χ2v) is 7.62. The van der Waals surface area contributed by atoms with Crippen LogP contribution in [0.25, 0.3) is 21.6 Å². The fourth-order valence-corrected chi connectivity index (χ4v) is 4.16. The molecule has 4 rings (SSSR count). The van der Waals surface area contributed by atoms with Crippen LogP contribution in [-0.2, 0) is 5.75 Å². The number of hydrogen-bond acceptors (Lipinski definition) is 7. The van der Waals surface area contributed by atoms with E-state index in [1.54, 1.807) is 23.7 Å². The normalized spacial score (nSPS) is 11.3. The van der Waals surface area contributed by atoms with Crippen molar-refractivity contribution in [3.05, 3.63) is 51.1 Å². The Bertz CT molecular complexity index is 1100. The molecule has 0 saturated heterocycles. The number of aromatic amines is 2. The van der Waals surface area contributed by atoms with Crippen LogP contribution in [0.15, 0.2) is 34.5 Å². The van der Waals surface area contributed by atoms with Crippen molar-refractivity contribution >= 4 is 33.3 Å². The molecule has 0 aromatic carbocycles. The fourth-order valence-electron chi connectivity index (χ4n) is 2.44. The summed E-state index contributed by atoms with van der Waals surface area (Å²) < 4.78 is 0. The van der Waals surface area contributed by atoms with Gasteiger partial charge in [0.2, 0.25) is 5.16 Å². The van der Waals surface area contributed by atoms with Crippen LogP contribution in [-0.4, -0.2) is 30.1 Å². The van der Waals surface area contributed by atoms with Crippen LogP contribution in [0.3, 0.4) is 0 Å². The maximum absolute atomic E-state index is 12.3. The van der Waals surface area contributed by atoms with Gasteiger partial charge in [0.1, 0.15) is 10.7 Å². The minimum atomic E-state index is -0.0894. The van der Waals surface area contributed by atoms with Crippen LogP contribution < -0.4 is 5.56 Å². The Morgan fingerprint density at radius 2 is 2.16 bits per heavy atom. The number of nitrogens with zero attached hydrogens (tertiary/aromatic N) is 4. The number of fused-ring (bicyclic) bond motifs is 1. The quantitative estimate of drug-likeness (QED) is 0.536. The van der Waals surface area contributed by atoms with Crippen molar-refractivity contribution in [2.45, 2.75) is 24.8 Å². The van der Waals surface area contributed by atoms with Crippen molar-refractivity contribution in [2.24, 2.45) is 0 Å². The maximum Gasteiger partial charge on any atom is 0.259 e. The zero-order valence-electron chi connectivity index (χ0n) is 13.5. The van der Waals surface area contributed by atoms with Gasteiger partial charge in [0.25, 0.3) is 5.56 Å². The van der Waals surface area contributed by atoms with Crippen molar-refractivity contribution in [1.29, 1.82) is 0 Å². The molecule has 0 unspecified atom stereocenters. The molecule has 0 aliphatic rings. The van der Waals surface area contributed by atoms with Gasteiger partial charge in [-0.15, -0.1) is 16.4 Å². The lowest BCUT2D eigenvalue weighted by Gasteiger charge is -1.99. The number of thiophene rings is 1. The summed E-state index contributed by atoms with van der Waals surface area (Å²) in [5.41, 5.74) is 1.79. The van der Waals surface area contributed by atoms with Crippen molar-refractivity contribution in [3.63, 3.8) is 0 Å². The third-order valence-electron chi connectivity index (χ3n) is 3.83. The van der Waals surface area contributed by atoms with E-state index < -0.39 is 0 Å². The van der Waals surface area contributed by atoms with Crippen LogP contribution in [0, 0.1) is 13.8 Å². The first-order valence-electron chi connectivity index (χ1n) is 7.56. The zero-order chi connectivity index (χ0) is 17.4. The highest BCUT2D eigenvalue weighted by molar-refractivity contribution is 7.98. The Labute approximate surface area is 151 Å². The fraction of sp³-hybridized carbons (Fsp3) is 0.188. The molecule has 0 bridgehead atoms. The smallest absolute Gasteiger partial charge is 0.259 e. The standard InChI is InChI=1S/C16H14N6OS2/c1-8-9(2)25-15-12(8)14(23)18-11(19-15)7-24-16-20-13(21-22-16)10-4-3-5-17-6-10/h3-6H,7H2,1-2H3,(H,18,19,23)(H,20,21,22). The summed E-state index contributed by atoms with van der Waals surface area (Å²) in [5, 5.41) is 8.38. The van der Waals surface area contributed by atoms with Crippen molar-refractivity contribution < 1.29 is 0 Å². The molecule has 0 aliphatic carbocycles. The van der Waals surface area contributed by atoms with Gasteiger partial charge in [-0.1, -0.05) is 11.8 Å². The first-order valence-corrected chi connectivity index (χ1v) is 9.36. The molecule has 0 saturated carbocycles. The van der Waals surface area contributed by atoms with Gasteiger partial charge in [0.05, 0.1) is 11.1 Å². The number of pyridine rings is 1. The van der Waals surface area contributed by atoms with E-state index in [9.17, 15) is 4.79 Å². The lowest BCUT2D eigenvalue weighted by Crippen LogP contribution is -2.10. The molecule has 4 aromatic rings. The van der Waals surface area contributed by atoms with Gasteiger partial charge in [0, 0.05) is 22.8 Å². The third kappa shape index (κ3) is 3.08. The average molecular weight is 370 g/mol. The molecule has 4 aromatic heterocycles. The predicted molar refractivity (Wildman–Crippen MR) is 98.9 cm³/mol. The lowest BCUT2D eigenvalue weighted by molar-refractivity contribution is 0.966. The van der Waals surface area contributed by atoms with E-state index >= 15 is 0 Å². The molecule has 0 spiro atoms. The molecule has 4 heterocycles. The minimum Gasteiger partial charge on any atom is -0.309 e. The molecule has 9 heteroatoms. The summed E-state index contributed by atoms with van der Waals surface area (Å²) in [7, 11) is 0. The summed E-state index contributed by atoms with van der Waals surface area (Å²) in [6.45, 7) is 3.95. The van der Waals surface area contributed by atoms with Gasteiger partial charge < -0.3 is 4.98 Å². The zero-order valence-corrected chi connectivity index (χ0v) is 15.2. The summed E-state index contributed by atoms with van der Waals surface area (Å²) in [5.74, 6) is 1.78. The highest BCUT2D eigenvalue weighted by Crippen LogP contribution is 2.27. The second kappa shape index (κ2) is 6.41. The van der Waals surface area contributed by atoms with Gasteiger partial charge in [-0.2, -0.15) is 0 Å². The number of H-pyrrole nitrogens is 2. The largest absolute Gasteiger partial charge is 0.309 e. The summed E-state index contributed by atoms with van der Waals surface area (Å²) in [6, 6.07) is 3.76. The molecule has 0 radical (unpaired) electrons. The highest BCUT2D eigenvalue weighted by atomic mass is 32.2.